The second-order valence-electron chi connectivity index (χ2n) is 7.46. The lowest BCUT2D eigenvalue weighted by atomic mass is 9.88. The van der Waals surface area contributed by atoms with Crippen LogP contribution in [0, 0.1) is 12.3 Å². The molecule has 7 atom stereocenters. The SMILES string of the molecule is C#CCNC(=O)O[C@@H](C1OC(F)(C(=O)OC)C(F)C2OC(=O)NC21)[C@H]1COC(C)(C)O1. The van der Waals surface area contributed by atoms with E-state index in [1.54, 1.807) is 13.8 Å². The number of halogens is 2. The van der Waals surface area contributed by atoms with Gasteiger partial charge in [-0.1, -0.05) is 5.92 Å². The van der Waals surface area contributed by atoms with Crippen LogP contribution in [0.4, 0.5) is 18.4 Å². The van der Waals surface area contributed by atoms with Gasteiger partial charge in [-0.05, 0) is 13.8 Å². The molecule has 0 aromatic rings. The van der Waals surface area contributed by atoms with Crippen LogP contribution in [0.2, 0.25) is 0 Å². The average molecular weight is 448 g/mol. The van der Waals surface area contributed by atoms with Crippen LogP contribution in [0.1, 0.15) is 13.8 Å². The first-order valence-corrected chi connectivity index (χ1v) is 9.28. The normalized spacial score (nSPS) is 36.9. The van der Waals surface area contributed by atoms with Gasteiger partial charge in [0.2, 0.25) is 6.17 Å². The molecule has 0 bridgehead atoms. The number of carbonyl (C=O) groups is 3. The van der Waals surface area contributed by atoms with Crippen LogP contribution in [-0.2, 0) is 33.2 Å². The third kappa shape index (κ3) is 4.36. The number of nitrogens with one attached hydrogen (secondary N) is 2. The summed E-state index contributed by atoms with van der Waals surface area (Å²) >= 11 is 0. The molecular formula is C18H22F2N2O9. The van der Waals surface area contributed by atoms with Crippen LogP contribution < -0.4 is 10.6 Å². The van der Waals surface area contributed by atoms with Crippen molar-refractivity contribution in [2.24, 2.45) is 0 Å². The summed E-state index contributed by atoms with van der Waals surface area (Å²) in [6, 6.07) is -1.33. The van der Waals surface area contributed by atoms with Gasteiger partial charge in [0, 0.05) is 0 Å². The molecule has 0 aromatic carbocycles. The third-order valence-corrected chi connectivity index (χ3v) is 4.95. The van der Waals surface area contributed by atoms with E-state index in [9.17, 15) is 18.8 Å². The van der Waals surface area contributed by atoms with Gasteiger partial charge in [0.1, 0.15) is 18.2 Å². The van der Waals surface area contributed by atoms with E-state index < -0.39 is 66.4 Å². The minimum absolute atomic E-state index is 0.122. The highest BCUT2D eigenvalue weighted by atomic mass is 19.2. The molecule has 5 unspecified atom stereocenters. The Hall–Kier alpha value is -2.69. The summed E-state index contributed by atoms with van der Waals surface area (Å²) in [6.45, 7) is 2.86. The fourth-order valence-corrected chi connectivity index (χ4v) is 3.60. The molecule has 31 heavy (non-hydrogen) atoms. The first kappa shape index (κ1) is 23.0. The number of alkyl carbamates (subject to hydrolysis) is 2. The Balaban J connectivity index is 1.96. The molecule has 0 spiro atoms. The summed E-state index contributed by atoms with van der Waals surface area (Å²) in [6.07, 6.45) is -5.61. The molecule has 3 rings (SSSR count). The largest absolute Gasteiger partial charge is 0.465 e. The number of amides is 2. The molecule has 2 amide bonds. The predicted molar refractivity (Wildman–Crippen MR) is 94.8 cm³/mol. The molecule has 0 aromatic heterocycles. The summed E-state index contributed by atoms with van der Waals surface area (Å²) in [4.78, 5) is 36.0. The van der Waals surface area contributed by atoms with Gasteiger partial charge in [-0.3, -0.25) is 0 Å². The van der Waals surface area contributed by atoms with E-state index in [0.717, 1.165) is 7.11 Å². The van der Waals surface area contributed by atoms with Gasteiger partial charge < -0.3 is 39.1 Å². The molecule has 3 heterocycles. The third-order valence-electron chi connectivity index (χ3n) is 4.95. The number of fused-ring (bicyclic) bond motifs is 1. The minimum atomic E-state index is -3.64. The van der Waals surface area contributed by atoms with Crippen molar-refractivity contribution in [1.29, 1.82) is 0 Å². The van der Waals surface area contributed by atoms with Crippen LogP contribution in [0.5, 0.6) is 0 Å². The van der Waals surface area contributed by atoms with Gasteiger partial charge in [-0.15, -0.1) is 6.42 Å². The second kappa shape index (κ2) is 8.45. The van der Waals surface area contributed by atoms with Crippen molar-refractivity contribution >= 4 is 18.2 Å². The number of carbonyl (C=O) groups excluding carboxylic acids is 3. The number of esters is 1. The van der Waals surface area contributed by atoms with E-state index in [1.807, 2.05) is 0 Å². The van der Waals surface area contributed by atoms with Gasteiger partial charge in [-0.25, -0.2) is 18.8 Å². The number of methoxy groups -OCH3 is 1. The number of hydrogen-bond acceptors (Lipinski definition) is 9. The zero-order valence-corrected chi connectivity index (χ0v) is 16.9. The van der Waals surface area contributed by atoms with E-state index in [-0.39, 0.29) is 13.2 Å². The molecule has 0 saturated carbocycles. The maximum atomic E-state index is 15.4. The van der Waals surface area contributed by atoms with E-state index in [1.165, 1.54) is 0 Å². The summed E-state index contributed by atoms with van der Waals surface area (Å²) < 4.78 is 61.0. The highest BCUT2D eigenvalue weighted by Gasteiger charge is 2.67. The molecule has 0 radical (unpaired) electrons. The van der Waals surface area contributed by atoms with Crippen molar-refractivity contribution in [1.82, 2.24) is 10.6 Å². The molecule has 11 nitrogen and oxygen atoms in total. The Morgan fingerprint density at radius 3 is 2.71 bits per heavy atom. The van der Waals surface area contributed by atoms with Crippen LogP contribution in [0.25, 0.3) is 0 Å². The number of terminal acetylenes is 1. The lowest BCUT2D eigenvalue weighted by Gasteiger charge is -2.44. The van der Waals surface area contributed by atoms with Gasteiger partial charge in [0.05, 0.1) is 20.3 Å². The maximum absolute atomic E-state index is 15.4. The molecule has 2 N–H and O–H groups in total. The quantitative estimate of drug-likeness (QED) is 0.337. The molecule has 172 valence electrons. The Morgan fingerprint density at radius 1 is 1.42 bits per heavy atom. The Morgan fingerprint density at radius 2 is 2.13 bits per heavy atom. The fourth-order valence-electron chi connectivity index (χ4n) is 3.60. The summed E-state index contributed by atoms with van der Waals surface area (Å²) in [5.41, 5.74) is 0. The number of alkyl halides is 2. The van der Waals surface area contributed by atoms with Crippen molar-refractivity contribution in [3.63, 3.8) is 0 Å². The summed E-state index contributed by atoms with van der Waals surface area (Å²) in [5.74, 6) is -4.25. The smallest absolute Gasteiger partial charge is 0.408 e. The van der Waals surface area contributed by atoms with E-state index in [0.29, 0.717) is 0 Å². The molecular weight excluding hydrogens is 426 g/mol. The van der Waals surface area contributed by atoms with Gasteiger partial charge >= 0.3 is 24.0 Å². The number of rotatable bonds is 5. The first-order valence-electron chi connectivity index (χ1n) is 9.28. The van der Waals surface area contributed by atoms with Gasteiger partial charge in [-0.2, -0.15) is 4.39 Å². The first-order chi connectivity index (χ1) is 14.5. The Kier molecular flexibility index (Phi) is 6.26. The van der Waals surface area contributed by atoms with Gasteiger partial charge in [0.25, 0.3) is 0 Å². The zero-order chi connectivity index (χ0) is 23.0. The van der Waals surface area contributed by atoms with Crippen LogP contribution in [0.3, 0.4) is 0 Å². The molecule has 3 aliphatic rings. The molecule has 3 saturated heterocycles. The van der Waals surface area contributed by atoms with Crippen LogP contribution >= 0.6 is 0 Å². The highest BCUT2D eigenvalue weighted by molar-refractivity contribution is 5.79. The number of hydrogen-bond donors (Lipinski definition) is 2. The molecule has 0 aliphatic carbocycles. The van der Waals surface area contributed by atoms with Crippen molar-refractivity contribution in [2.45, 2.75) is 62.1 Å². The zero-order valence-electron chi connectivity index (χ0n) is 16.9. The van der Waals surface area contributed by atoms with Crippen molar-refractivity contribution in [2.75, 3.05) is 20.3 Å². The van der Waals surface area contributed by atoms with E-state index in [2.05, 4.69) is 21.3 Å². The van der Waals surface area contributed by atoms with Gasteiger partial charge in [0.15, 0.2) is 18.0 Å². The van der Waals surface area contributed by atoms with Crippen LogP contribution in [0.15, 0.2) is 0 Å². The topological polar surface area (TPSA) is 131 Å². The van der Waals surface area contributed by atoms with Crippen molar-refractivity contribution in [3.05, 3.63) is 0 Å². The molecule has 3 aliphatic heterocycles. The predicted octanol–water partition coefficient (Wildman–Crippen LogP) is -0.0814. The summed E-state index contributed by atoms with van der Waals surface area (Å²) in [5, 5.41) is 4.54. The summed E-state index contributed by atoms with van der Waals surface area (Å²) in [7, 11) is 0.831. The lowest BCUT2D eigenvalue weighted by molar-refractivity contribution is -0.287. The average Bonchev–Trinajstić information content (AvgIpc) is 3.28. The molecule has 3 fully saturated rings. The highest BCUT2D eigenvalue weighted by Crippen LogP contribution is 2.41. The standard InChI is InChI=1S/C18H22F2N2O9/c1-5-6-21-15(24)28-10(8-7-27-17(2,3)30-8)11-9-12(29-16(25)22-9)13(19)18(20,31-11)14(23)26-4/h1,8-13H,6-7H2,2-4H3,(H,21,24)(H,22,25)/t8-,9?,10-,11?,12?,13?,18?/m1/s1. The van der Waals surface area contributed by atoms with E-state index in [4.69, 9.17) is 30.1 Å². The Bertz CT molecular complexity index is 788. The maximum Gasteiger partial charge on any atom is 0.408 e. The van der Waals surface area contributed by atoms with Crippen LogP contribution in [-0.4, -0.2) is 86.7 Å². The van der Waals surface area contributed by atoms with Crippen molar-refractivity contribution in [3.8, 4) is 12.3 Å². The number of ether oxygens (including phenoxy) is 6. The lowest BCUT2D eigenvalue weighted by Crippen LogP contribution is -2.69. The fraction of sp³-hybridized carbons (Fsp3) is 0.722. The monoisotopic (exact) mass is 448 g/mol. The Labute approximate surface area is 176 Å². The van der Waals surface area contributed by atoms with E-state index >= 15 is 4.39 Å². The molecule has 13 heteroatoms. The van der Waals surface area contributed by atoms with Crippen molar-refractivity contribution < 1.29 is 51.6 Å². The minimum Gasteiger partial charge on any atom is -0.465 e. The second-order valence-corrected chi connectivity index (χ2v) is 7.46.